The van der Waals surface area contributed by atoms with Crippen molar-refractivity contribution in [2.45, 2.75) is 19.9 Å². The van der Waals surface area contributed by atoms with Crippen molar-refractivity contribution in [3.8, 4) is 11.3 Å². The molecule has 0 unspecified atom stereocenters. The first-order chi connectivity index (χ1) is 7.84. The van der Waals surface area contributed by atoms with Crippen LogP contribution < -0.4 is 5.32 Å². The predicted octanol–water partition coefficient (Wildman–Crippen LogP) is 2.30. The maximum absolute atomic E-state index is 5.38. The van der Waals surface area contributed by atoms with Crippen LogP contribution in [0.2, 0.25) is 0 Å². The van der Waals surface area contributed by atoms with Crippen LogP contribution in [-0.4, -0.2) is 11.7 Å². The molecule has 0 radical (unpaired) electrons. The number of aryl methyl sites for hydroxylation is 1. The second kappa shape index (κ2) is 3.76. The molecule has 16 heavy (non-hydrogen) atoms. The summed E-state index contributed by atoms with van der Waals surface area (Å²) < 4.78 is 5.38. The van der Waals surface area contributed by atoms with E-state index >= 15 is 0 Å². The van der Waals surface area contributed by atoms with E-state index < -0.39 is 0 Å². The fraction of sp³-hybridized carbons (Fsp3) is 0.308. The predicted molar refractivity (Wildman–Crippen MR) is 62.1 cm³/mol. The highest BCUT2D eigenvalue weighted by Crippen LogP contribution is 2.27. The fourth-order valence-corrected chi connectivity index (χ4v) is 2.08. The van der Waals surface area contributed by atoms with Crippen molar-refractivity contribution in [3.63, 3.8) is 0 Å². The lowest BCUT2D eigenvalue weighted by atomic mass is 10.0. The van der Waals surface area contributed by atoms with Gasteiger partial charge in [0.05, 0.1) is 0 Å². The molecule has 0 bridgehead atoms. The van der Waals surface area contributed by atoms with Crippen LogP contribution in [0.15, 0.2) is 28.8 Å². The molecule has 1 N–H and O–H groups in total. The third-order valence-electron chi connectivity index (χ3n) is 3.03. The van der Waals surface area contributed by atoms with E-state index in [4.69, 9.17) is 4.52 Å². The van der Waals surface area contributed by atoms with Crippen molar-refractivity contribution in [2.75, 3.05) is 6.54 Å². The van der Waals surface area contributed by atoms with Gasteiger partial charge in [0.15, 0.2) is 0 Å². The highest BCUT2D eigenvalue weighted by molar-refractivity contribution is 5.64. The van der Waals surface area contributed by atoms with Gasteiger partial charge in [0.1, 0.15) is 11.5 Å². The van der Waals surface area contributed by atoms with Crippen LogP contribution in [0.5, 0.6) is 0 Å². The fourth-order valence-electron chi connectivity index (χ4n) is 2.08. The van der Waals surface area contributed by atoms with Crippen molar-refractivity contribution in [3.05, 3.63) is 41.2 Å². The average molecular weight is 214 g/mol. The van der Waals surface area contributed by atoms with Crippen LogP contribution in [0.25, 0.3) is 11.3 Å². The summed E-state index contributed by atoms with van der Waals surface area (Å²) in [5.41, 5.74) is 4.61. The zero-order valence-corrected chi connectivity index (χ0v) is 9.29. The molecule has 82 valence electrons. The van der Waals surface area contributed by atoms with Crippen molar-refractivity contribution in [1.29, 1.82) is 0 Å². The van der Waals surface area contributed by atoms with Gasteiger partial charge in [0, 0.05) is 30.6 Å². The molecule has 1 aromatic carbocycles. The number of hydrogen-bond acceptors (Lipinski definition) is 3. The Balaban J connectivity index is 2.06. The Morgan fingerprint density at radius 1 is 1.25 bits per heavy atom. The van der Waals surface area contributed by atoms with Gasteiger partial charge < -0.3 is 9.84 Å². The van der Waals surface area contributed by atoms with Gasteiger partial charge in [-0.25, -0.2) is 0 Å². The topological polar surface area (TPSA) is 38.1 Å². The minimum atomic E-state index is 0.863. The minimum absolute atomic E-state index is 0.863. The summed E-state index contributed by atoms with van der Waals surface area (Å²) in [4.78, 5) is 0. The average Bonchev–Trinajstić information content (AvgIpc) is 2.74. The first-order valence-electron chi connectivity index (χ1n) is 5.60. The van der Waals surface area contributed by atoms with Gasteiger partial charge in [0.25, 0.3) is 0 Å². The van der Waals surface area contributed by atoms with Gasteiger partial charge in [-0.15, -0.1) is 0 Å². The molecule has 1 aromatic heterocycles. The Morgan fingerprint density at radius 3 is 2.88 bits per heavy atom. The number of fused-ring (bicyclic) bond motifs is 1. The molecule has 0 fully saturated rings. The molecule has 0 aliphatic carbocycles. The molecular formula is C13H14N2O. The third-order valence-corrected chi connectivity index (χ3v) is 3.03. The number of benzene rings is 1. The largest absolute Gasteiger partial charge is 0.360 e. The van der Waals surface area contributed by atoms with Crippen molar-refractivity contribution < 1.29 is 4.52 Å². The Hall–Kier alpha value is -1.61. The van der Waals surface area contributed by atoms with E-state index in [2.05, 4.69) is 41.7 Å². The molecular weight excluding hydrogens is 200 g/mol. The molecule has 3 rings (SSSR count). The lowest BCUT2D eigenvalue weighted by Gasteiger charge is -2.11. The van der Waals surface area contributed by atoms with Gasteiger partial charge in [-0.2, -0.15) is 0 Å². The molecule has 1 aliphatic heterocycles. The highest BCUT2D eigenvalue weighted by Gasteiger charge is 2.19. The van der Waals surface area contributed by atoms with Crippen LogP contribution in [0.1, 0.15) is 16.9 Å². The number of nitrogens with zero attached hydrogens (tertiary/aromatic N) is 1. The molecule has 0 saturated heterocycles. The van der Waals surface area contributed by atoms with Crippen LogP contribution in [0.4, 0.5) is 0 Å². The number of rotatable bonds is 1. The molecule has 2 heterocycles. The Morgan fingerprint density at radius 2 is 2.06 bits per heavy atom. The van der Waals surface area contributed by atoms with E-state index in [1.165, 1.54) is 11.1 Å². The lowest BCUT2D eigenvalue weighted by molar-refractivity contribution is 0.374. The van der Waals surface area contributed by atoms with Crippen molar-refractivity contribution in [2.24, 2.45) is 0 Å². The number of aromatic nitrogens is 1. The quantitative estimate of drug-likeness (QED) is 0.791. The van der Waals surface area contributed by atoms with Crippen molar-refractivity contribution in [1.82, 2.24) is 10.5 Å². The van der Waals surface area contributed by atoms with E-state index in [-0.39, 0.29) is 0 Å². The van der Waals surface area contributed by atoms with E-state index in [1.54, 1.807) is 0 Å². The Labute approximate surface area is 94.5 Å². The van der Waals surface area contributed by atoms with Gasteiger partial charge >= 0.3 is 0 Å². The minimum Gasteiger partial charge on any atom is -0.360 e. The molecule has 1 aliphatic rings. The summed E-state index contributed by atoms with van der Waals surface area (Å²) >= 11 is 0. The molecule has 0 atom stereocenters. The second-order valence-corrected chi connectivity index (χ2v) is 4.23. The van der Waals surface area contributed by atoms with Crippen LogP contribution in [-0.2, 0) is 13.0 Å². The second-order valence-electron chi connectivity index (χ2n) is 4.23. The van der Waals surface area contributed by atoms with E-state index in [0.717, 1.165) is 36.5 Å². The summed E-state index contributed by atoms with van der Waals surface area (Å²) in [6.07, 6.45) is 0.939. The zero-order valence-electron chi connectivity index (χ0n) is 9.29. The summed E-state index contributed by atoms with van der Waals surface area (Å²) in [6.45, 7) is 3.93. The number of nitrogens with one attached hydrogen (secondary N) is 1. The first kappa shape index (κ1) is 9.60. The van der Waals surface area contributed by atoms with E-state index in [9.17, 15) is 0 Å². The Bertz CT molecular complexity index is 499. The van der Waals surface area contributed by atoms with Crippen LogP contribution in [0.3, 0.4) is 0 Å². The van der Waals surface area contributed by atoms with Gasteiger partial charge in [-0.05, 0) is 6.92 Å². The summed E-state index contributed by atoms with van der Waals surface area (Å²) in [6, 6.07) is 8.41. The molecule has 3 nitrogen and oxygen atoms in total. The van der Waals surface area contributed by atoms with Gasteiger partial charge in [-0.1, -0.05) is 35.0 Å². The number of hydrogen-bond donors (Lipinski definition) is 1. The van der Waals surface area contributed by atoms with E-state index in [1.807, 2.05) is 0 Å². The maximum Gasteiger partial charge on any atom is 0.143 e. The molecule has 3 heteroatoms. The zero-order chi connectivity index (χ0) is 11.0. The maximum atomic E-state index is 5.38. The smallest absolute Gasteiger partial charge is 0.143 e. The standard InChI is InChI=1S/C13H14N2O/c1-9-2-4-10(5-3-9)13-11-8-14-7-6-12(11)16-15-13/h2-5,14H,6-8H2,1H3. The normalized spacial score (nSPS) is 14.8. The molecule has 2 aromatic rings. The monoisotopic (exact) mass is 214 g/mol. The first-order valence-corrected chi connectivity index (χ1v) is 5.60. The van der Waals surface area contributed by atoms with Crippen LogP contribution >= 0.6 is 0 Å². The summed E-state index contributed by atoms with van der Waals surface area (Å²) in [7, 11) is 0. The SMILES string of the molecule is Cc1ccc(-c2noc3c2CNCC3)cc1. The van der Waals surface area contributed by atoms with E-state index in [0.29, 0.717) is 0 Å². The lowest BCUT2D eigenvalue weighted by Crippen LogP contribution is -2.22. The Kier molecular flexibility index (Phi) is 2.26. The summed E-state index contributed by atoms with van der Waals surface area (Å²) in [5, 5.41) is 7.53. The third kappa shape index (κ3) is 1.53. The molecule has 0 saturated carbocycles. The van der Waals surface area contributed by atoms with Gasteiger partial charge in [-0.3, -0.25) is 0 Å². The summed E-state index contributed by atoms with van der Waals surface area (Å²) in [5.74, 6) is 1.04. The van der Waals surface area contributed by atoms with Gasteiger partial charge in [0.2, 0.25) is 0 Å². The highest BCUT2D eigenvalue weighted by atomic mass is 16.5. The molecule has 0 spiro atoms. The van der Waals surface area contributed by atoms with Crippen molar-refractivity contribution >= 4 is 0 Å². The van der Waals surface area contributed by atoms with Crippen LogP contribution in [0, 0.1) is 6.92 Å². The molecule has 0 amide bonds.